The van der Waals surface area contributed by atoms with Crippen molar-refractivity contribution < 1.29 is 4.74 Å². The first kappa shape index (κ1) is 15.2. The molecule has 1 fully saturated rings. The van der Waals surface area contributed by atoms with Gasteiger partial charge in [0.15, 0.2) is 0 Å². The number of hydrogen-bond donors (Lipinski definition) is 1. The summed E-state index contributed by atoms with van der Waals surface area (Å²) in [6.07, 6.45) is 2.35. The van der Waals surface area contributed by atoms with Gasteiger partial charge in [-0.05, 0) is 43.5 Å². The molecule has 2 nitrogen and oxygen atoms in total. The van der Waals surface area contributed by atoms with Crippen molar-refractivity contribution in [2.45, 2.75) is 30.7 Å². The maximum absolute atomic E-state index is 6.02. The van der Waals surface area contributed by atoms with E-state index in [1.807, 2.05) is 30.0 Å². The zero-order chi connectivity index (χ0) is 13.5. The van der Waals surface area contributed by atoms with E-state index in [1.165, 1.54) is 17.7 Å². The van der Waals surface area contributed by atoms with Crippen LogP contribution in [0.3, 0.4) is 0 Å². The van der Waals surface area contributed by atoms with E-state index in [0.29, 0.717) is 6.04 Å². The van der Waals surface area contributed by atoms with E-state index in [0.717, 1.165) is 36.5 Å². The van der Waals surface area contributed by atoms with Crippen molar-refractivity contribution in [3.63, 3.8) is 0 Å². The van der Waals surface area contributed by atoms with Gasteiger partial charge < -0.3 is 10.1 Å². The number of halogens is 1. The fourth-order valence-corrected chi connectivity index (χ4v) is 3.89. The second kappa shape index (κ2) is 8.15. The zero-order valence-electron chi connectivity index (χ0n) is 11.4. The molecule has 0 spiro atoms. The molecule has 1 saturated heterocycles. The molecule has 0 bridgehead atoms. The fraction of sp³-hybridized carbons (Fsp3) is 0.600. The van der Waals surface area contributed by atoms with Gasteiger partial charge in [0.25, 0.3) is 0 Å². The normalized spacial score (nSPS) is 18.4. The van der Waals surface area contributed by atoms with Crippen LogP contribution < -0.4 is 5.32 Å². The third kappa shape index (κ3) is 4.99. The lowest BCUT2D eigenvalue weighted by molar-refractivity contribution is 0.0568. The number of nitrogens with one attached hydrogen (secondary N) is 1. The van der Waals surface area contributed by atoms with Gasteiger partial charge in [0.2, 0.25) is 0 Å². The molecule has 0 saturated carbocycles. The van der Waals surface area contributed by atoms with Crippen LogP contribution >= 0.6 is 23.4 Å². The monoisotopic (exact) mass is 299 g/mol. The molecule has 1 aliphatic rings. The minimum absolute atomic E-state index is 0.567. The molecule has 0 radical (unpaired) electrons. The van der Waals surface area contributed by atoms with Gasteiger partial charge in [-0.3, -0.25) is 0 Å². The summed E-state index contributed by atoms with van der Waals surface area (Å²) in [6.45, 7) is 5.03. The van der Waals surface area contributed by atoms with Crippen LogP contribution in [0.15, 0.2) is 29.2 Å². The summed E-state index contributed by atoms with van der Waals surface area (Å²) in [5.74, 6) is 1.83. The van der Waals surface area contributed by atoms with E-state index < -0.39 is 0 Å². The molecule has 1 aromatic rings. The Kier molecular flexibility index (Phi) is 6.51. The molecule has 1 N–H and O–H groups in total. The van der Waals surface area contributed by atoms with Gasteiger partial charge >= 0.3 is 0 Å². The number of rotatable bonds is 6. The number of hydrogen-bond acceptors (Lipinski definition) is 3. The molecular weight excluding hydrogens is 278 g/mol. The van der Waals surface area contributed by atoms with Crippen molar-refractivity contribution in [3.05, 3.63) is 29.3 Å². The van der Waals surface area contributed by atoms with Crippen LogP contribution in [0.2, 0.25) is 5.02 Å². The molecule has 1 atom stereocenters. The summed E-state index contributed by atoms with van der Waals surface area (Å²) < 4.78 is 5.45. The molecule has 1 heterocycles. The topological polar surface area (TPSA) is 21.3 Å². The highest BCUT2D eigenvalue weighted by Crippen LogP contribution is 2.26. The van der Waals surface area contributed by atoms with Crippen LogP contribution in [0.4, 0.5) is 0 Å². The Morgan fingerprint density at radius 2 is 2.21 bits per heavy atom. The largest absolute Gasteiger partial charge is 0.381 e. The highest BCUT2D eigenvalue weighted by molar-refractivity contribution is 7.99. The van der Waals surface area contributed by atoms with Crippen molar-refractivity contribution >= 4 is 23.4 Å². The van der Waals surface area contributed by atoms with Crippen molar-refractivity contribution in [2.24, 2.45) is 5.92 Å². The molecule has 0 aromatic heterocycles. The van der Waals surface area contributed by atoms with Gasteiger partial charge in [-0.1, -0.05) is 24.6 Å². The molecule has 2 rings (SSSR count). The molecule has 106 valence electrons. The molecule has 0 aliphatic carbocycles. The maximum Gasteiger partial charge on any atom is 0.0469 e. The van der Waals surface area contributed by atoms with Gasteiger partial charge in [-0.2, -0.15) is 0 Å². The molecular formula is C15H22ClNOS. The van der Waals surface area contributed by atoms with Crippen molar-refractivity contribution in [1.82, 2.24) is 5.32 Å². The number of thioether (sulfide) groups is 1. The van der Waals surface area contributed by atoms with Gasteiger partial charge in [0, 0.05) is 34.9 Å². The van der Waals surface area contributed by atoms with Gasteiger partial charge in [0.1, 0.15) is 0 Å². The lowest BCUT2D eigenvalue weighted by Gasteiger charge is -2.30. The zero-order valence-corrected chi connectivity index (χ0v) is 13.0. The van der Waals surface area contributed by atoms with E-state index in [-0.39, 0.29) is 0 Å². The molecule has 4 heteroatoms. The Bertz CT molecular complexity index is 382. The van der Waals surface area contributed by atoms with Crippen LogP contribution in [-0.4, -0.2) is 31.6 Å². The number of ether oxygens (including phenoxy) is 1. The van der Waals surface area contributed by atoms with Gasteiger partial charge in [-0.25, -0.2) is 0 Å². The summed E-state index contributed by atoms with van der Waals surface area (Å²) in [7, 11) is 0. The van der Waals surface area contributed by atoms with Crippen molar-refractivity contribution in [1.29, 1.82) is 0 Å². The standard InChI is InChI=1S/C15H22ClNOS/c1-2-17-15(12-6-8-18-9-7-12)11-19-14-5-3-4-13(16)10-14/h3-5,10,12,15,17H,2,6-9,11H2,1H3. The lowest BCUT2D eigenvalue weighted by Crippen LogP contribution is -2.40. The van der Waals surface area contributed by atoms with Crippen molar-refractivity contribution in [3.8, 4) is 0 Å². The third-order valence-electron chi connectivity index (χ3n) is 3.53. The van der Waals surface area contributed by atoms with E-state index in [9.17, 15) is 0 Å². The Hall–Kier alpha value is -0.220. The van der Waals surface area contributed by atoms with Crippen LogP contribution in [-0.2, 0) is 4.74 Å². The first-order valence-corrected chi connectivity index (χ1v) is 8.35. The molecule has 1 unspecified atom stereocenters. The second-order valence-corrected chi connectivity index (χ2v) is 6.41. The summed E-state index contributed by atoms with van der Waals surface area (Å²) >= 11 is 7.91. The highest BCUT2D eigenvalue weighted by atomic mass is 35.5. The number of benzene rings is 1. The van der Waals surface area contributed by atoms with Gasteiger partial charge in [-0.15, -0.1) is 11.8 Å². The Labute approximate surface area is 125 Å². The van der Waals surface area contributed by atoms with Crippen LogP contribution in [0.5, 0.6) is 0 Å². The first-order valence-electron chi connectivity index (χ1n) is 6.99. The summed E-state index contributed by atoms with van der Waals surface area (Å²) in [6, 6.07) is 8.67. The quantitative estimate of drug-likeness (QED) is 0.807. The minimum atomic E-state index is 0.567. The average molecular weight is 300 g/mol. The SMILES string of the molecule is CCNC(CSc1cccc(Cl)c1)C1CCOCC1. The molecule has 19 heavy (non-hydrogen) atoms. The Morgan fingerprint density at radius 1 is 1.42 bits per heavy atom. The van der Waals surface area contributed by atoms with E-state index in [2.05, 4.69) is 18.3 Å². The van der Waals surface area contributed by atoms with Crippen LogP contribution in [0, 0.1) is 5.92 Å². The Morgan fingerprint density at radius 3 is 2.89 bits per heavy atom. The summed E-state index contributed by atoms with van der Waals surface area (Å²) in [4.78, 5) is 1.25. The third-order valence-corrected chi connectivity index (χ3v) is 4.88. The van der Waals surface area contributed by atoms with Crippen LogP contribution in [0.1, 0.15) is 19.8 Å². The van der Waals surface area contributed by atoms with Gasteiger partial charge in [0.05, 0.1) is 0 Å². The maximum atomic E-state index is 6.02. The average Bonchev–Trinajstić information content (AvgIpc) is 2.44. The predicted octanol–water partition coefficient (Wildman–Crippen LogP) is 3.84. The highest BCUT2D eigenvalue weighted by Gasteiger charge is 2.23. The predicted molar refractivity (Wildman–Crippen MR) is 83.2 cm³/mol. The van der Waals surface area contributed by atoms with E-state index in [1.54, 1.807) is 0 Å². The Balaban J connectivity index is 1.89. The summed E-state index contributed by atoms with van der Waals surface area (Å²) in [5.41, 5.74) is 0. The smallest absolute Gasteiger partial charge is 0.0469 e. The lowest BCUT2D eigenvalue weighted by atomic mass is 9.93. The fourth-order valence-electron chi connectivity index (χ4n) is 2.48. The molecule has 0 amide bonds. The second-order valence-electron chi connectivity index (χ2n) is 4.88. The minimum Gasteiger partial charge on any atom is -0.381 e. The molecule has 1 aliphatic heterocycles. The van der Waals surface area contributed by atoms with Crippen LogP contribution in [0.25, 0.3) is 0 Å². The van der Waals surface area contributed by atoms with E-state index >= 15 is 0 Å². The van der Waals surface area contributed by atoms with Crippen molar-refractivity contribution in [2.75, 3.05) is 25.5 Å². The first-order chi connectivity index (χ1) is 9.29. The molecule has 1 aromatic carbocycles. The summed E-state index contributed by atoms with van der Waals surface area (Å²) in [5, 5.41) is 4.44. The van der Waals surface area contributed by atoms with E-state index in [4.69, 9.17) is 16.3 Å².